The zero-order valence-corrected chi connectivity index (χ0v) is 24.0. The smallest absolute Gasteiger partial charge is 0.243 e. The third-order valence-corrected chi connectivity index (χ3v) is 8.15. The third-order valence-electron chi connectivity index (χ3n) is 6.10. The summed E-state index contributed by atoms with van der Waals surface area (Å²) >= 11 is 20.7. The minimum atomic E-state index is -0.739. The average Bonchev–Trinajstić information content (AvgIpc) is 2.89. The summed E-state index contributed by atoms with van der Waals surface area (Å²) in [5, 5.41) is 4.64. The standard InChI is InChI=1S/C29H31Cl3N2O2S/c1-3-20(2)33-29(36)27(16-21-10-5-4-6-11-21)34(17-23-25(31)14-9-15-26(23)32)28(35)19-37-18-22-12-7-8-13-24(22)30/h4-15,20,27H,3,16-19H2,1-2H3,(H,33,36)/t20-,27-/m0/s1. The first kappa shape index (κ1) is 29.4. The van der Waals surface area contributed by atoms with E-state index in [1.165, 1.54) is 11.8 Å². The molecule has 0 bridgehead atoms. The summed E-state index contributed by atoms with van der Waals surface area (Å²) < 4.78 is 0. The van der Waals surface area contributed by atoms with E-state index in [1.54, 1.807) is 23.1 Å². The SMILES string of the molecule is CC[C@H](C)NC(=O)[C@H](Cc1ccccc1)N(Cc1c(Cl)cccc1Cl)C(=O)CSCc1ccccc1Cl. The van der Waals surface area contributed by atoms with Crippen molar-refractivity contribution in [1.29, 1.82) is 0 Å². The summed E-state index contributed by atoms with van der Waals surface area (Å²) in [7, 11) is 0. The van der Waals surface area contributed by atoms with Crippen molar-refractivity contribution in [1.82, 2.24) is 10.2 Å². The first-order chi connectivity index (χ1) is 17.8. The van der Waals surface area contributed by atoms with Crippen LogP contribution in [0.25, 0.3) is 0 Å². The van der Waals surface area contributed by atoms with Crippen molar-refractivity contribution in [3.63, 3.8) is 0 Å². The van der Waals surface area contributed by atoms with Gasteiger partial charge in [0.2, 0.25) is 11.8 Å². The van der Waals surface area contributed by atoms with E-state index in [-0.39, 0.29) is 30.2 Å². The zero-order chi connectivity index (χ0) is 26.8. The molecule has 0 heterocycles. The largest absolute Gasteiger partial charge is 0.352 e. The number of rotatable bonds is 12. The second-order valence-corrected chi connectivity index (χ2v) is 11.0. The highest BCUT2D eigenvalue weighted by atomic mass is 35.5. The molecule has 0 radical (unpaired) electrons. The molecule has 0 saturated carbocycles. The first-order valence-corrected chi connectivity index (χ1v) is 14.5. The quantitative estimate of drug-likeness (QED) is 0.243. The fourth-order valence-electron chi connectivity index (χ4n) is 3.80. The van der Waals surface area contributed by atoms with Gasteiger partial charge in [0.15, 0.2) is 0 Å². The molecule has 0 fully saturated rings. The number of nitrogens with one attached hydrogen (secondary N) is 1. The molecular weight excluding hydrogens is 547 g/mol. The fraction of sp³-hybridized carbons (Fsp3) is 0.310. The Morgan fingerprint density at radius 3 is 2.16 bits per heavy atom. The Kier molecular flexibility index (Phi) is 11.7. The Morgan fingerprint density at radius 1 is 0.892 bits per heavy atom. The molecule has 4 nitrogen and oxygen atoms in total. The summed E-state index contributed by atoms with van der Waals surface area (Å²) in [6.45, 7) is 4.08. The van der Waals surface area contributed by atoms with Crippen molar-refractivity contribution in [2.45, 2.75) is 51.1 Å². The molecule has 0 aliphatic heterocycles. The zero-order valence-electron chi connectivity index (χ0n) is 20.9. The second-order valence-electron chi connectivity index (χ2n) is 8.83. The summed E-state index contributed by atoms with van der Waals surface area (Å²) in [5.41, 5.74) is 2.53. The van der Waals surface area contributed by atoms with E-state index >= 15 is 0 Å². The van der Waals surface area contributed by atoms with E-state index in [4.69, 9.17) is 34.8 Å². The van der Waals surface area contributed by atoms with Crippen molar-refractivity contribution >= 4 is 58.4 Å². The number of halogens is 3. The van der Waals surface area contributed by atoms with Crippen LogP contribution in [0, 0.1) is 0 Å². The number of hydrogen-bond acceptors (Lipinski definition) is 3. The van der Waals surface area contributed by atoms with Crippen LogP contribution in [-0.4, -0.2) is 34.6 Å². The van der Waals surface area contributed by atoms with Crippen LogP contribution in [0.5, 0.6) is 0 Å². The molecule has 8 heteroatoms. The number of carbonyl (C=O) groups is 2. The number of carbonyl (C=O) groups excluding carboxylic acids is 2. The summed E-state index contributed by atoms with van der Waals surface area (Å²) in [5.74, 6) is 0.378. The van der Waals surface area contributed by atoms with Crippen molar-refractivity contribution < 1.29 is 9.59 Å². The molecule has 0 spiro atoms. The van der Waals surface area contributed by atoms with E-state index in [9.17, 15) is 9.59 Å². The molecule has 196 valence electrons. The maximum atomic E-state index is 13.7. The molecule has 0 aliphatic rings. The Labute approximate surface area is 238 Å². The predicted molar refractivity (Wildman–Crippen MR) is 156 cm³/mol. The lowest BCUT2D eigenvalue weighted by Gasteiger charge is -2.32. The number of amides is 2. The molecule has 2 amide bonds. The summed E-state index contributed by atoms with van der Waals surface area (Å²) in [6.07, 6.45) is 1.15. The molecular formula is C29H31Cl3N2O2S. The number of benzene rings is 3. The van der Waals surface area contributed by atoms with E-state index in [0.717, 1.165) is 17.5 Å². The summed E-state index contributed by atoms with van der Waals surface area (Å²) in [4.78, 5) is 28.9. The Bertz CT molecular complexity index is 1170. The third kappa shape index (κ3) is 8.68. The first-order valence-electron chi connectivity index (χ1n) is 12.2. The van der Waals surface area contributed by atoms with E-state index < -0.39 is 6.04 Å². The van der Waals surface area contributed by atoms with Crippen LogP contribution in [0.15, 0.2) is 72.8 Å². The van der Waals surface area contributed by atoms with Crippen molar-refractivity contribution in [2.24, 2.45) is 0 Å². The molecule has 0 saturated heterocycles. The Balaban J connectivity index is 1.91. The van der Waals surface area contributed by atoms with Crippen molar-refractivity contribution in [3.05, 3.63) is 105 Å². The van der Waals surface area contributed by atoms with Crippen LogP contribution < -0.4 is 5.32 Å². The predicted octanol–water partition coefficient (Wildman–Crippen LogP) is 7.43. The average molecular weight is 578 g/mol. The van der Waals surface area contributed by atoms with Gasteiger partial charge in [0.1, 0.15) is 6.04 Å². The van der Waals surface area contributed by atoms with Crippen LogP contribution in [0.3, 0.4) is 0 Å². The van der Waals surface area contributed by atoms with Gasteiger partial charge in [-0.2, -0.15) is 0 Å². The molecule has 3 aromatic rings. The monoisotopic (exact) mass is 576 g/mol. The van der Waals surface area contributed by atoms with Crippen LogP contribution in [0.1, 0.15) is 37.0 Å². The maximum absolute atomic E-state index is 13.7. The molecule has 3 rings (SSSR count). The second kappa shape index (κ2) is 14.7. The van der Waals surface area contributed by atoms with Gasteiger partial charge in [-0.1, -0.05) is 96.3 Å². The number of hydrogen-bond donors (Lipinski definition) is 1. The maximum Gasteiger partial charge on any atom is 0.243 e. The Hall–Kier alpha value is -2.18. The highest BCUT2D eigenvalue weighted by Crippen LogP contribution is 2.28. The van der Waals surface area contributed by atoms with Gasteiger partial charge in [-0.25, -0.2) is 0 Å². The van der Waals surface area contributed by atoms with Gasteiger partial charge in [0.25, 0.3) is 0 Å². The highest BCUT2D eigenvalue weighted by molar-refractivity contribution is 7.99. The molecule has 0 aliphatic carbocycles. The molecule has 0 unspecified atom stereocenters. The van der Waals surface area contributed by atoms with Crippen molar-refractivity contribution in [2.75, 3.05) is 5.75 Å². The van der Waals surface area contributed by atoms with E-state index in [1.807, 2.05) is 68.4 Å². The van der Waals surface area contributed by atoms with Gasteiger partial charge in [-0.3, -0.25) is 9.59 Å². The molecule has 37 heavy (non-hydrogen) atoms. The van der Waals surface area contributed by atoms with Gasteiger partial charge >= 0.3 is 0 Å². The summed E-state index contributed by atoms with van der Waals surface area (Å²) in [6, 6.07) is 21.7. The molecule has 1 N–H and O–H groups in total. The van der Waals surface area contributed by atoms with Crippen molar-refractivity contribution in [3.8, 4) is 0 Å². The molecule has 3 aromatic carbocycles. The van der Waals surface area contributed by atoms with Gasteiger partial charge in [-0.05, 0) is 42.7 Å². The lowest BCUT2D eigenvalue weighted by molar-refractivity contribution is -0.139. The minimum absolute atomic E-state index is 0.0266. The minimum Gasteiger partial charge on any atom is -0.352 e. The molecule has 0 aromatic heterocycles. The van der Waals surface area contributed by atoms with Gasteiger partial charge < -0.3 is 10.2 Å². The van der Waals surface area contributed by atoms with Crippen LogP contribution in [0.2, 0.25) is 15.1 Å². The van der Waals surface area contributed by atoms with Gasteiger partial charge in [0, 0.05) is 45.4 Å². The number of thioether (sulfide) groups is 1. The Morgan fingerprint density at radius 2 is 1.51 bits per heavy atom. The molecule has 2 atom stereocenters. The lowest BCUT2D eigenvalue weighted by atomic mass is 10.0. The number of nitrogens with zero attached hydrogens (tertiary/aromatic N) is 1. The van der Waals surface area contributed by atoms with E-state index in [0.29, 0.717) is 32.8 Å². The normalized spacial score (nSPS) is 12.6. The fourth-order valence-corrected chi connectivity index (χ4v) is 5.51. The van der Waals surface area contributed by atoms with Crippen LogP contribution in [0.4, 0.5) is 0 Å². The van der Waals surface area contributed by atoms with Gasteiger partial charge in [-0.15, -0.1) is 11.8 Å². The topological polar surface area (TPSA) is 49.4 Å². The van der Waals surface area contributed by atoms with Crippen LogP contribution in [-0.2, 0) is 28.3 Å². The highest BCUT2D eigenvalue weighted by Gasteiger charge is 2.31. The van der Waals surface area contributed by atoms with Crippen LogP contribution >= 0.6 is 46.6 Å². The van der Waals surface area contributed by atoms with E-state index in [2.05, 4.69) is 5.32 Å². The lowest BCUT2D eigenvalue weighted by Crippen LogP contribution is -2.52. The van der Waals surface area contributed by atoms with Gasteiger partial charge in [0.05, 0.1) is 5.75 Å².